The van der Waals surface area contributed by atoms with Crippen LogP contribution in [0.4, 0.5) is 0 Å². The molecular formula is C27H38O7. The van der Waals surface area contributed by atoms with Crippen LogP contribution in [0.3, 0.4) is 0 Å². The summed E-state index contributed by atoms with van der Waals surface area (Å²) in [4.78, 5) is 36.0. The van der Waals surface area contributed by atoms with Crippen LogP contribution in [0.15, 0.2) is 24.3 Å². The van der Waals surface area contributed by atoms with Crippen LogP contribution in [0.5, 0.6) is 0 Å². The molecule has 4 unspecified atom stereocenters. The molecule has 4 aliphatic carbocycles. The fourth-order valence-corrected chi connectivity index (χ4v) is 8.01. The van der Waals surface area contributed by atoms with Crippen LogP contribution in [-0.2, 0) is 28.6 Å². The number of hydrogen-bond donors (Lipinski definition) is 1. The van der Waals surface area contributed by atoms with Gasteiger partial charge >= 0.3 is 17.9 Å². The minimum absolute atomic E-state index is 0.0671. The number of aliphatic hydroxyl groups is 1. The number of carbonyl (C=O) groups is 3. The predicted octanol–water partition coefficient (Wildman–Crippen LogP) is 3.88. The number of carbonyl (C=O) groups excluding carboxylic acids is 3. The third-order valence-corrected chi connectivity index (χ3v) is 9.49. The maximum Gasteiger partial charge on any atom is 0.303 e. The van der Waals surface area contributed by atoms with E-state index in [4.69, 9.17) is 14.2 Å². The van der Waals surface area contributed by atoms with Crippen LogP contribution in [0, 0.1) is 28.6 Å². The Hall–Kier alpha value is -2.15. The van der Waals surface area contributed by atoms with Gasteiger partial charge in [0.15, 0.2) is 0 Å². The van der Waals surface area contributed by atoms with E-state index in [1.54, 1.807) is 6.08 Å². The summed E-state index contributed by atoms with van der Waals surface area (Å²) in [5.41, 5.74) is -0.853. The molecule has 1 N–H and O–H groups in total. The van der Waals surface area contributed by atoms with E-state index in [0.29, 0.717) is 19.3 Å². The summed E-state index contributed by atoms with van der Waals surface area (Å²) in [6.45, 7) is 12.4. The van der Waals surface area contributed by atoms with Crippen molar-refractivity contribution >= 4 is 17.9 Å². The van der Waals surface area contributed by atoms with Gasteiger partial charge in [-0.1, -0.05) is 25.5 Å². The van der Waals surface area contributed by atoms with Crippen molar-refractivity contribution < 1.29 is 33.7 Å². The maximum atomic E-state index is 12.2. The molecule has 34 heavy (non-hydrogen) atoms. The van der Waals surface area contributed by atoms with Gasteiger partial charge in [-0.25, -0.2) is 0 Å². The van der Waals surface area contributed by atoms with Gasteiger partial charge in [0.1, 0.15) is 18.3 Å². The van der Waals surface area contributed by atoms with E-state index in [2.05, 4.69) is 26.5 Å². The highest BCUT2D eigenvalue weighted by Crippen LogP contribution is 2.68. The van der Waals surface area contributed by atoms with Gasteiger partial charge in [0.25, 0.3) is 0 Å². The molecular weight excluding hydrogens is 436 g/mol. The third kappa shape index (κ3) is 3.80. The highest BCUT2D eigenvalue weighted by atomic mass is 16.6. The van der Waals surface area contributed by atoms with Crippen molar-refractivity contribution in [3.63, 3.8) is 0 Å². The average molecular weight is 475 g/mol. The Balaban J connectivity index is 1.84. The minimum atomic E-state index is -1.08. The van der Waals surface area contributed by atoms with E-state index in [-0.39, 0.29) is 47.2 Å². The van der Waals surface area contributed by atoms with Crippen molar-refractivity contribution in [2.45, 2.75) is 97.1 Å². The molecule has 7 heteroatoms. The van der Waals surface area contributed by atoms with Gasteiger partial charge in [0.05, 0.1) is 5.60 Å². The van der Waals surface area contributed by atoms with Crippen LogP contribution >= 0.6 is 0 Å². The summed E-state index contributed by atoms with van der Waals surface area (Å²) in [6.07, 6.45) is 6.47. The molecule has 3 saturated carbocycles. The monoisotopic (exact) mass is 474 g/mol. The Morgan fingerprint density at radius 1 is 1.03 bits per heavy atom. The summed E-state index contributed by atoms with van der Waals surface area (Å²) in [5.74, 6) is -1.16. The van der Waals surface area contributed by atoms with Crippen molar-refractivity contribution in [3.05, 3.63) is 24.3 Å². The molecule has 0 spiro atoms. The van der Waals surface area contributed by atoms with Crippen molar-refractivity contribution in [2.75, 3.05) is 0 Å². The Kier molecular flexibility index (Phi) is 6.24. The van der Waals surface area contributed by atoms with Crippen LogP contribution in [0.1, 0.15) is 73.1 Å². The molecule has 3 fully saturated rings. The molecule has 0 amide bonds. The molecule has 188 valence electrons. The average Bonchev–Trinajstić information content (AvgIpc) is 2.98. The zero-order chi connectivity index (χ0) is 25.1. The van der Waals surface area contributed by atoms with Gasteiger partial charge in [-0.2, -0.15) is 0 Å². The van der Waals surface area contributed by atoms with Crippen LogP contribution in [-0.4, -0.2) is 46.9 Å². The lowest BCUT2D eigenvalue weighted by atomic mass is 9.45. The van der Waals surface area contributed by atoms with E-state index >= 15 is 0 Å². The van der Waals surface area contributed by atoms with E-state index in [0.717, 1.165) is 24.8 Å². The number of fused-ring (bicyclic) bond motifs is 5. The predicted molar refractivity (Wildman–Crippen MR) is 124 cm³/mol. The molecule has 7 nitrogen and oxygen atoms in total. The molecule has 0 aromatic rings. The number of rotatable bonds is 4. The highest BCUT2D eigenvalue weighted by Gasteiger charge is 2.68. The quantitative estimate of drug-likeness (QED) is 0.375. The molecule has 0 aromatic carbocycles. The lowest BCUT2D eigenvalue weighted by Crippen LogP contribution is -2.63. The Morgan fingerprint density at radius 3 is 2.26 bits per heavy atom. The summed E-state index contributed by atoms with van der Waals surface area (Å²) < 4.78 is 17.4. The smallest absolute Gasteiger partial charge is 0.303 e. The number of esters is 3. The van der Waals surface area contributed by atoms with Crippen LogP contribution in [0.2, 0.25) is 0 Å². The number of ether oxygens (including phenoxy) is 3. The third-order valence-electron chi connectivity index (χ3n) is 9.49. The summed E-state index contributed by atoms with van der Waals surface area (Å²) in [7, 11) is 0. The van der Waals surface area contributed by atoms with Gasteiger partial charge in [-0.3, -0.25) is 14.4 Å². The van der Waals surface area contributed by atoms with Gasteiger partial charge in [0, 0.05) is 44.4 Å². The van der Waals surface area contributed by atoms with Crippen molar-refractivity contribution in [3.8, 4) is 0 Å². The molecule has 4 rings (SSSR count). The second-order valence-corrected chi connectivity index (χ2v) is 11.3. The molecule has 9 atom stereocenters. The second kappa shape index (κ2) is 8.51. The normalized spacial score (nSPS) is 45.1. The molecule has 0 radical (unpaired) electrons. The van der Waals surface area contributed by atoms with Gasteiger partial charge in [-0.05, 0) is 49.5 Å². The van der Waals surface area contributed by atoms with Crippen LogP contribution in [0.25, 0.3) is 0 Å². The van der Waals surface area contributed by atoms with Crippen molar-refractivity contribution in [2.24, 2.45) is 28.6 Å². The lowest BCUT2D eigenvalue weighted by molar-refractivity contribution is -0.201. The van der Waals surface area contributed by atoms with E-state index in [1.165, 1.54) is 20.8 Å². The van der Waals surface area contributed by atoms with Crippen molar-refractivity contribution in [1.82, 2.24) is 0 Å². The maximum absolute atomic E-state index is 12.2. The van der Waals surface area contributed by atoms with E-state index < -0.39 is 23.2 Å². The van der Waals surface area contributed by atoms with Crippen molar-refractivity contribution in [1.29, 1.82) is 0 Å². The molecule has 0 aromatic heterocycles. The Bertz CT molecular complexity index is 924. The zero-order valence-electron chi connectivity index (χ0n) is 21.0. The topological polar surface area (TPSA) is 99.1 Å². The first-order valence-corrected chi connectivity index (χ1v) is 12.4. The molecule has 4 aliphatic rings. The van der Waals surface area contributed by atoms with E-state index in [1.807, 2.05) is 0 Å². The summed E-state index contributed by atoms with van der Waals surface area (Å²) >= 11 is 0. The lowest BCUT2D eigenvalue weighted by Gasteiger charge is -2.61. The van der Waals surface area contributed by atoms with Gasteiger partial charge in [0.2, 0.25) is 0 Å². The zero-order valence-corrected chi connectivity index (χ0v) is 21.0. The van der Waals surface area contributed by atoms with Gasteiger partial charge in [-0.15, -0.1) is 6.58 Å². The summed E-state index contributed by atoms with van der Waals surface area (Å²) in [6, 6.07) is 0. The standard InChI is InChI=1S/C27H38O7/c1-7-27(31)11-9-20-23-21(33-16(3)29)13-18-12-19(32-15(2)28)8-10-25(18,5)24(23)22(34-17(4)30)14-26(20,27)6/h7,13,19-24,31H,1,8-12,14H2,2-6H3/t19-,20?,21-,22+,23?,24?,25?,26-,27-/m0/s1. The first-order chi connectivity index (χ1) is 15.8. The molecule has 0 aliphatic heterocycles. The molecule has 0 bridgehead atoms. The minimum Gasteiger partial charge on any atom is -0.462 e. The molecule has 0 saturated heterocycles. The second-order valence-electron chi connectivity index (χ2n) is 11.3. The van der Waals surface area contributed by atoms with Crippen LogP contribution < -0.4 is 0 Å². The SMILES string of the molecule is C=C[C@]1(O)CCC2C3C([C@H](OC(C)=O)C[C@@]21C)C1(C)CC[C@H](OC(C)=O)CC1=C[C@@H]3OC(C)=O. The highest BCUT2D eigenvalue weighted by molar-refractivity contribution is 5.67. The fraction of sp³-hybridized carbons (Fsp3) is 0.741. The number of hydrogen-bond acceptors (Lipinski definition) is 7. The largest absolute Gasteiger partial charge is 0.462 e. The molecule has 0 heterocycles. The summed E-state index contributed by atoms with van der Waals surface area (Å²) in [5, 5.41) is 11.5. The Morgan fingerprint density at radius 2 is 1.68 bits per heavy atom. The Labute approximate surface area is 201 Å². The van der Waals surface area contributed by atoms with E-state index in [9.17, 15) is 19.5 Å². The first-order valence-electron chi connectivity index (χ1n) is 12.4. The first kappa shape index (κ1) is 25.0. The fourth-order valence-electron chi connectivity index (χ4n) is 8.01. The van der Waals surface area contributed by atoms with Gasteiger partial charge < -0.3 is 19.3 Å².